The van der Waals surface area contributed by atoms with E-state index in [0.29, 0.717) is 18.9 Å². The molecule has 6 nitrogen and oxygen atoms in total. The second-order valence-electron chi connectivity index (χ2n) is 7.05. The van der Waals surface area contributed by atoms with E-state index in [1.54, 1.807) is 18.2 Å². The maximum absolute atomic E-state index is 13.7. The zero-order valence-electron chi connectivity index (χ0n) is 17.0. The fourth-order valence-corrected chi connectivity index (χ4v) is 3.11. The van der Waals surface area contributed by atoms with Crippen LogP contribution in [0.3, 0.4) is 0 Å². The standard InChI is InChI=1S/C21H33FN4O2/c1-3-23-21(24-13-9-15-26-14-8-4-5-12-20(26)27)25-16-17(2)28-19-11-7-6-10-18(19)22/h6-7,10-11,17H,3-5,8-9,12-16H2,1-2H3,(H2,23,24,25). The predicted octanol–water partition coefficient (Wildman–Crippen LogP) is 2.94. The molecule has 1 amide bonds. The summed E-state index contributed by atoms with van der Waals surface area (Å²) >= 11 is 0. The molecule has 0 aromatic heterocycles. The number of carbonyl (C=O) groups excluding carboxylic acids is 1. The normalized spacial score (nSPS) is 16.5. The molecule has 1 heterocycles. The number of aliphatic imine (C=N–C) groups is 1. The van der Waals surface area contributed by atoms with Gasteiger partial charge in [0, 0.05) is 32.6 Å². The van der Waals surface area contributed by atoms with Crippen LogP contribution in [0.2, 0.25) is 0 Å². The van der Waals surface area contributed by atoms with Crippen LogP contribution in [0.5, 0.6) is 5.75 Å². The highest BCUT2D eigenvalue weighted by Gasteiger charge is 2.15. The Labute approximate surface area is 167 Å². The van der Waals surface area contributed by atoms with Crippen LogP contribution in [0.25, 0.3) is 0 Å². The number of hydrogen-bond acceptors (Lipinski definition) is 3. The number of rotatable bonds is 9. The van der Waals surface area contributed by atoms with E-state index in [4.69, 9.17) is 4.74 Å². The van der Waals surface area contributed by atoms with Gasteiger partial charge in [0.05, 0.1) is 6.54 Å². The van der Waals surface area contributed by atoms with Crippen molar-refractivity contribution in [1.29, 1.82) is 0 Å². The molecule has 156 valence electrons. The average Bonchev–Trinajstić information content (AvgIpc) is 2.89. The molecule has 1 atom stereocenters. The van der Waals surface area contributed by atoms with Crippen LogP contribution in [-0.4, -0.2) is 55.6 Å². The number of carbonyl (C=O) groups is 1. The summed E-state index contributed by atoms with van der Waals surface area (Å²) in [5.41, 5.74) is 0. The monoisotopic (exact) mass is 392 g/mol. The Balaban J connectivity index is 1.75. The summed E-state index contributed by atoms with van der Waals surface area (Å²) in [5, 5.41) is 6.49. The fourth-order valence-electron chi connectivity index (χ4n) is 3.11. The number of hydrogen-bond donors (Lipinski definition) is 2. The lowest BCUT2D eigenvalue weighted by Crippen LogP contribution is -2.40. The van der Waals surface area contributed by atoms with Crippen molar-refractivity contribution in [3.8, 4) is 5.75 Å². The third-order valence-electron chi connectivity index (χ3n) is 4.58. The fraction of sp³-hybridized carbons (Fsp3) is 0.619. The first-order valence-electron chi connectivity index (χ1n) is 10.3. The first-order valence-corrected chi connectivity index (χ1v) is 10.3. The number of guanidine groups is 1. The molecule has 1 aliphatic heterocycles. The van der Waals surface area contributed by atoms with Crippen LogP contribution in [0, 0.1) is 5.82 Å². The minimum absolute atomic E-state index is 0.241. The van der Waals surface area contributed by atoms with E-state index in [9.17, 15) is 9.18 Å². The van der Waals surface area contributed by atoms with E-state index in [1.807, 2.05) is 18.7 Å². The smallest absolute Gasteiger partial charge is 0.222 e. The summed E-state index contributed by atoms with van der Waals surface area (Å²) in [6.07, 6.45) is 4.56. The molecule has 0 radical (unpaired) electrons. The SMILES string of the molecule is CCNC(=NCC(C)Oc1ccccc1F)NCCCN1CCCCCC1=O. The van der Waals surface area contributed by atoms with Gasteiger partial charge in [0.25, 0.3) is 0 Å². The van der Waals surface area contributed by atoms with Crippen molar-refractivity contribution in [2.75, 3.05) is 32.7 Å². The van der Waals surface area contributed by atoms with Gasteiger partial charge < -0.3 is 20.3 Å². The molecule has 28 heavy (non-hydrogen) atoms. The van der Waals surface area contributed by atoms with Crippen molar-refractivity contribution in [3.63, 3.8) is 0 Å². The molecule has 0 saturated carbocycles. The summed E-state index contributed by atoms with van der Waals surface area (Å²) in [5.74, 6) is 0.850. The van der Waals surface area contributed by atoms with Crippen molar-refractivity contribution in [3.05, 3.63) is 30.1 Å². The third-order valence-corrected chi connectivity index (χ3v) is 4.58. The van der Waals surface area contributed by atoms with Gasteiger partial charge in [0.2, 0.25) is 5.91 Å². The summed E-state index contributed by atoms with van der Waals surface area (Å²) in [6, 6.07) is 6.38. The molecule has 0 aliphatic carbocycles. The Bertz CT molecular complexity index is 639. The largest absolute Gasteiger partial charge is 0.486 e. The van der Waals surface area contributed by atoms with Crippen molar-refractivity contribution in [2.24, 2.45) is 4.99 Å². The van der Waals surface area contributed by atoms with Crippen LogP contribution in [0.4, 0.5) is 4.39 Å². The Kier molecular flexibility index (Phi) is 9.59. The topological polar surface area (TPSA) is 66.0 Å². The summed E-state index contributed by atoms with van der Waals surface area (Å²) in [6.45, 7) is 7.41. The Morgan fingerprint density at radius 3 is 2.89 bits per heavy atom. The van der Waals surface area contributed by atoms with Gasteiger partial charge in [-0.1, -0.05) is 18.6 Å². The van der Waals surface area contributed by atoms with E-state index < -0.39 is 0 Å². The molecule has 1 unspecified atom stereocenters. The second-order valence-corrected chi connectivity index (χ2v) is 7.05. The van der Waals surface area contributed by atoms with Gasteiger partial charge in [0.15, 0.2) is 17.5 Å². The Hall–Kier alpha value is -2.31. The Morgan fingerprint density at radius 2 is 2.11 bits per heavy atom. The van der Waals surface area contributed by atoms with Crippen molar-refractivity contribution in [1.82, 2.24) is 15.5 Å². The average molecular weight is 393 g/mol. The minimum Gasteiger partial charge on any atom is -0.486 e. The number of nitrogens with one attached hydrogen (secondary N) is 2. The van der Waals surface area contributed by atoms with Gasteiger partial charge in [-0.25, -0.2) is 9.38 Å². The van der Waals surface area contributed by atoms with Crippen LogP contribution in [0.1, 0.15) is 46.0 Å². The number of amides is 1. The summed E-state index contributed by atoms with van der Waals surface area (Å²) in [7, 11) is 0. The number of halogens is 1. The molecule has 1 aliphatic rings. The molecule has 1 aromatic carbocycles. The quantitative estimate of drug-likeness (QED) is 0.385. The molecule has 0 bridgehead atoms. The lowest BCUT2D eigenvalue weighted by Gasteiger charge is -2.21. The molecule has 1 fully saturated rings. The van der Waals surface area contributed by atoms with E-state index in [0.717, 1.165) is 51.9 Å². The summed E-state index contributed by atoms with van der Waals surface area (Å²) in [4.78, 5) is 18.5. The van der Waals surface area contributed by atoms with Gasteiger partial charge in [-0.3, -0.25) is 4.79 Å². The number of likely N-dealkylation sites (tertiary alicyclic amines) is 1. The van der Waals surface area contributed by atoms with Gasteiger partial charge in [-0.15, -0.1) is 0 Å². The number of nitrogens with zero attached hydrogens (tertiary/aromatic N) is 2. The van der Waals surface area contributed by atoms with Gasteiger partial charge in [0.1, 0.15) is 6.10 Å². The molecule has 1 saturated heterocycles. The van der Waals surface area contributed by atoms with Gasteiger partial charge >= 0.3 is 0 Å². The van der Waals surface area contributed by atoms with E-state index in [1.165, 1.54) is 6.07 Å². The van der Waals surface area contributed by atoms with Gasteiger partial charge in [-0.2, -0.15) is 0 Å². The van der Waals surface area contributed by atoms with E-state index in [-0.39, 0.29) is 23.6 Å². The van der Waals surface area contributed by atoms with Gasteiger partial charge in [-0.05, 0) is 45.2 Å². The van der Waals surface area contributed by atoms with Crippen molar-refractivity contribution >= 4 is 11.9 Å². The van der Waals surface area contributed by atoms with Crippen LogP contribution < -0.4 is 15.4 Å². The highest BCUT2D eigenvalue weighted by Crippen LogP contribution is 2.17. The highest BCUT2D eigenvalue weighted by atomic mass is 19.1. The lowest BCUT2D eigenvalue weighted by molar-refractivity contribution is -0.130. The maximum atomic E-state index is 13.7. The van der Waals surface area contributed by atoms with Crippen LogP contribution in [-0.2, 0) is 4.79 Å². The second kappa shape index (κ2) is 12.2. The zero-order valence-corrected chi connectivity index (χ0v) is 17.0. The molecular formula is C21H33FN4O2. The highest BCUT2D eigenvalue weighted by molar-refractivity contribution is 5.79. The predicted molar refractivity (Wildman–Crippen MR) is 110 cm³/mol. The van der Waals surface area contributed by atoms with Crippen molar-refractivity contribution < 1.29 is 13.9 Å². The van der Waals surface area contributed by atoms with Crippen LogP contribution >= 0.6 is 0 Å². The molecule has 2 N–H and O–H groups in total. The number of benzene rings is 1. The van der Waals surface area contributed by atoms with E-state index in [2.05, 4.69) is 15.6 Å². The maximum Gasteiger partial charge on any atom is 0.222 e. The number of ether oxygens (including phenoxy) is 1. The molecule has 2 rings (SSSR count). The van der Waals surface area contributed by atoms with Crippen LogP contribution in [0.15, 0.2) is 29.3 Å². The lowest BCUT2D eigenvalue weighted by atomic mass is 10.2. The summed E-state index contributed by atoms with van der Waals surface area (Å²) < 4.78 is 19.3. The first-order chi connectivity index (χ1) is 13.6. The first kappa shape index (κ1) is 22.0. The molecular weight excluding hydrogens is 359 g/mol. The zero-order chi connectivity index (χ0) is 20.2. The third kappa shape index (κ3) is 7.74. The number of para-hydroxylation sites is 1. The molecule has 0 spiro atoms. The van der Waals surface area contributed by atoms with E-state index >= 15 is 0 Å². The minimum atomic E-state index is -0.369. The molecule has 7 heteroatoms. The molecule has 1 aromatic rings. The Morgan fingerprint density at radius 1 is 1.29 bits per heavy atom. The van der Waals surface area contributed by atoms with Crippen molar-refractivity contribution in [2.45, 2.75) is 52.1 Å².